The summed E-state index contributed by atoms with van der Waals surface area (Å²) in [5.41, 5.74) is 0.371. The Bertz CT molecular complexity index is 708. The number of halogens is 2. The molecule has 0 unspecified atom stereocenters. The van der Waals surface area contributed by atoms with E-state index in [4.69, 9.17) is 11.6 Å². The number of nitrogens with one attached hydrogen (secondary N) is 1. The van der Waals surface area contributed by atoms with Gasteiger partial charge in [0.1, 0.15) is 5.82 Å². The van der Waals surface area contributed by atoms with Crippen molar-refractivity contribution in [2.24, 2.45) is 7.05 Å². The molecule has 5 nitrogen and oxygen atoms in total. The summed E-state index contributed by atoms with van der Waals surface area (Å²) in [7, 11) is -1.99. The Labute approximate surface area is 124 Å². The molecule has 1 aromatic carbocycles. The molecule has 1 aromatic heterocycles. The summed E-state index contributed by atoms with van der Waals surface area (Å²) >= 11 is 9.11. The third kappa shape index (κ3) is 3.10. The van der Waals surface area contributed by atoms with Gasteiger partial charge in [-0.1, -0.05) is 11.6 Å². The lowest BCUT2D eigenvalue weighted by Gasteiger charge is -2.08. The second-order valence-electron chi connectivity index (χ2n) is 3.97. The van der Waals surface area contributed by atoms with E-state index < -0.39 is 10.0 Å². The summed E-state index contributed by atoms with van der Waals surface area (Å²) in [6.45, 7) is 1.73. The highest BCUT2D eigenvalue weighted by molar-refractivity contribution is 9.10. The smallest absolute Gasteiger partial charge is 0.280 e. The number of imidazole rings is 1. The molecule has 1 heterocycles. The van der Waals surface area contributed by atoms with Crippen LogP contribution >= 0.6 is 27.5 Å². The minimum absolute atomic E-state index is 0.0284. The van der Waals surface area contributed by atoms with Crippen LogP contribution in [0.4, 0.5) is 5.69 Å². The molecule has 0 fully saturated rings. The van der Waals surface area contributed by atoms with Crippen molar-refractivity contribution in [2.45, 2.75) is 11.9 Å². The van der Waals surface area contributed by atoms with E-state index in [9.17, 15) is 8.42 Å². The summed E-state index contributed by atoms with van der Waals surface area (Å²) in [4.78, 5) is 3.99. The number of benzene rings is 1. The van der Waals surface area contributed by atoms with E-state index in [0.717, 1.165) is 0 Å². The molecule has 0 aliphatic heterocycles. The number of hydrogen-bond acceptors (Lipinski definition) is 3. The Morgan fingerprint density at radius 3 is 2.68 bits per heavy atom. The Hall–Kier alpha value is -1.05. The molecule has 0 radical (unpaired) electrons. The number of anilines is 1. The predicted molar refractivity (Wildman–Crippen MR) is 77.9 cm³/mol. The number of rotatable bonds is 3. The highest BCUT2D eigenvalue weighted by Crippen LogP contribution is 2.27. The second-order valence-corrected chi connectivity index (χ2v) is 6.89. The molecule has 0 bridgehead atoms. The van der Waals surface area contributed by atoms with Crippen LogP contribution in [0, 0.1) is 6.92 Å². The minimum atomic E-state index is -3.72. The molecule has 0 spiro atoms. The molecule has 1 N–H and O–H groups in total. The standard InChI is InChI=1S/C11H11BrClN3O2S/c1-7-14-11(6-16(7)2)19(17,18)15-10-5-8(13)3-4-9(10)12/h3-6,15H,1-2H3. The molecule has 0 aliphatic carbocycles. The first-order chi connectivity index (χ1) is 8.79. The fourth-order valence-electron chi connectivity index (χ4n) is 1.43. The van der Waals surface area contributed by atoms with Crippen LogP contribution in [0.3, 0.4) is 0 Å². The molecular formula is C11H11BrClN3O2S. The quantitative estimate of drug-likeness (QED) is 0.910. The molecule has 8 heteroatoms. The zero-order valence-electron chi connectivity index (χ0n) is 10.2. The molecule has 0 saturated heterocycles. The van der Waals surface area contributed by atoms with Crippen LogP contribution in [0.2, 0.25) is 5.02 Å². The lowest BCUT2D eigenvalue weighted by Crippen LogP contribution is -2.13. The van der Waals surface area contributed by atoms with Gasteiger partial charge in [-0.05, 0) is 41.1 Å². The maximum absolute atomic E-state index is 12.2. The largest absolute Gasteiger partial charge is 0.337 e. The highest BCUT2D eigenvalue weighted by atomic mass is 79.9. The fourth-order valence-corrected chi connectivity index (χ4v) is 3.19. The SMILES string of the molecule is Cc1nc(S(=O)(=O)Nc2cc(Cl)ccc2Br)cn1C. The zero-order chi connectivity index (χ0) is 14.2. The van der Waals surface area contributed by atoms with Crippen LogP contribution < -0.4 is 4.72 Å². The van der Waals surface area contributed by atoms with Crippen LogP contribution in [0.15, 0.2) is 33.9 Å². The maximum Gasteiger partial charge on any atom is 0.280 e. The van der Waals surface area contributed by atoms with Crippen LogP contribution in [0.25, 0.3) is 0 Å². The normalized spacial score (nSPS) is 11.6. The molecule has 0 atom stereocenters. The van der Waals surface area contributed by atoms with Gasteiger partial charge in [-0.25, -0.2) is 4.98 Å². The molecule has 19 heavy (non-hydrogen) atoms. The van der Waals surface area contributed by atoms with Crippen molar-refractivity contribution in [3.63, 3.8) is 0 Å². The van der Waals surface area contributed by atoms with Gasteiger partial charge in [0.2, 0.25) is 0 Å². The van der Waals surface area contributed by atoms with E-state index >= 15 is 0 Å². The van der Waals surface area contributed by atoms with Gasteiger partial charge in [-0.2, -0.15) is 8.42 Å². The van der Waals surface area contributed by atoms with Crippen molar-refractivity contribution in [1.82, 2.24) is 9.55 Å². The topological polar surface area (TPSA) is 64.0 Å². The number of nitrogens with zero attached hydrogens (tertiary/aromatic N) is 2. The Kier molecular flexibility index (Phi) is 3.89. The minimum Gasteiger partial charge on any atom is -0.337 e. The second kappa shape index (κ2) is 5.15. The lowest BCUT2D eigenvalue weighted by molar-refractivity contribution is 0.598. The fraction of sp³-hybridized carbons (Fsp3) is 0.182. The Balaban J connectivity index is 2.39. The van der Waals surface area contributed by atoms with E-state index in [1.54, 1.807) is 30.7 Å². The van der Waals surface area contributed by atoms with Crippen LogP contribution in [-0.4, -0.2) is 18.0 Å². The van der Waals surface area contributed by atoms with Gasteiger partial charge in [0, 0.05) is 22.7 Å². The molecule has 2 aromatic rings. The summed E-state index contributed by atoms with van der Waals surface area (Å²) in [6.07, 6.45) is 1.45. The van der Waals surface area contributed by atoms with Gasteiger partial charge in [0.05, 0.1) is 5.69 Å². The predicted octanol–water partition coefficient (Wildman–Crippen LogP) is 2.95. The maximum atomic E-state index is 12.2. The first-order valence-electron chi connectivity index (χ1n) is 5.27. The van der Waals surface area contributed by atoms with Gasteiger partial charge in [-0.15, -0.1) is 0 Å². The van der Waals surface area contributed by atoms with Crippen LogP contribution in [0.1, 0.15) is 5.82 Å². The first-order valence-corrected chi connectivity index (χ1v) is 7.93. The Morgan fingerprint density at radius 1 is 1.42 bits per heavy atom. The summed E-state index contributed by atoms with van der Waals surface area (Å²) in [5, 5.41) is 0.414. The van der Waals surface area contributed by atoms with Gasteiger partial charge >= 0.3 is 0 Å². The number of aromatic nitrogens is 2. The zero-order valence-corrected chi connectivity index (χ0v) is 13.3. The summed E-state index contributed by atoms with van der Waals surface area (Å²) < 4.78 is 29.1. The van der Waals surface area contributed by atoms with Gasteiger partial charge < -0.3 is 4.57 Å². The van der Waals surface area contributed by atoms with E-state index in [1.165, 1.54) is 12.3 Å². The van der Waals surface area contributed by atoms with Gasteiger partial charge in [0.15, 0.2) is 5.03 Å². The van der Waals surface area contributed by atoms with Gasteiger partial charge in [0.25, 0.3) is 10.0 Å². The average Bonchev–Trinajstić information content (AvgIpc) is 2.65. The molecule has 0 amide bonds. The van der Waals surface area contributed by atoms with E-state index in [-0.39, 0.29) is 5.03 Å². The third-order valence-electron chi connectivity index (χ3n) is 2.53. The van der Waals surface area contributed by atoms with E-state index in [2.05, 4.69) is 25.6 Å². The molecule has 0 saturated carbocycles. The first kappa shape index (κ1) is 14.4. The summed E-state index contributed by atoms with van der Waals surface area (Å²) in [5.74, 6) is 0.616. The molecule has 0 aliphatic rings. The number of aryl methyl sites for hydroxylation is 2. The van der Waals surface area contributed by atoms with E-state index in [1.807, 2.05) is 0 Å². The third-order valence-corrected chi connectivity index (χ3v) is 4.70. The highest BCUT2D eigenvalue weighted by Gasteiger charge is 2.19. The molecule has 2 rings (SSSR count). The monoisotopic (exact) mass is 363 g/mol. The number of sulfonamides is 1. The number of hydrogen-bond donors (Lipinski definition) is 1. The summed E-state index contributed by atoms with van der Waals surface area (Å²) in [6, 6.07) is 4.86. The molecular weight excluding hydrogens is 354 g/mol. The van der Waals surface area contributed by atoms with Crippen LogP contribution in [-0.2, 0) is 17.1 Å². The van der Waals surface area contributed by atoms with Crippen molar-refractivity contribution in [1.29, 1.82) is 0 Å². The van der Waals surface area contributed by atoms with Crippen LogP contribution in [0.5, 0.6) is 0 Å². The van der Waals surface area contributed by atoms with Gasteiger partial charge in [-0.3, -0.25) is 4.72 Å². The van der Waals surface area contributed by atoms with Crippen molar-refractivity contribution in [3.05, 3.63) is 39.7 Å². The Morgan fingerprint density at radius 2 is 2.11 bits per heavy atom. The van der Waals surface area contributed by atoms with Crippen molar-refractivity contribution in [3.8, 4) is 0 Å². The van der Waals surface area contributed by atoms with Crippen molar-refractivity contribution >= 4 is 43.2 Å². The van der Waals surface area contributed by atoms with E-state index in [0.29, 0.717) is 21.0 Å². The molecule has 102 valence electrons. The van der Waals surface area contributed by atoms with Crippen molar-refractivity contribution in [2.75, 3.05) is 4.72 Å². The average molecular weight is 365 g/mol. The van der Waals surface area contributed by atoms with Crippen molar-refractivity contribution < 1.29 is 8.42 Å². The lowest BCUT2D eigenvalue weighted by atomic mass is 10.3.